The van der Waals surface area contributed by atoms with Gasteiger partial charge >= 0.3 is 0 Å². The molecule has 2 aliphatic rings. The molecule has 1 saturated heterocycles. The fourth-order valence-corrected chi connectivity index (χ4v) is 3.50. The van der Waals surface area contributed by atoms with Gasteiger partial charge in [0.1, 0.15) is 5.78 Å². The zero-order valence-corrected chi connectivity index (χ0v) is 11.6. The number of ketones is 1. The summed E-state index contributed by atoms with van der Waals surface area (Å²) in [6.45, 7) is 8.87. The molecular weight excluding hydrogens is 210 g/mol. The van der Waals surface area contributed by atoms with E-state index in [2.05, 4.69) is 26.1 Å². The van der Waals surface area contributed by atoms with Crippen LogP contribution in [0.25, 0.3) is 0 Å². The lowest BCUT2D eigenvalue weighted by Gasteiger charge is -2.39. The van der Waals surface area contributed by atoms with E-state index in [1.165, 1.54) is 6.42 Å². The van der Waals surface area contributed by atoms with E-state index in [9.17, 15) is 4.79 Å². The molecule has 0 aromatic carbocycles. The molecule has 1 heterocycles. The Labute approximate surface area is 106 Å². The molecule has 98 valence electrons. The first-order chi connectivity index (χ1) is 8.03. The summed E-state index contributed by atoms with van der Waals surface area (Å²) < 4.78 is 0. The standard InChI is InChI=1S/C15H27NO/c1-11-4-5-13(10-12(11)2)14(17)15(3)6-8-16-9-7-15/h11-13,16H,4-10H2,1-3H3. The summed E-state index contributed by atoms with van der Waals surface area (Å²) in [5.41, 5.74) is -0.0315. The Balaban J connectivity index is 1.99. The fraction of sp³-hybridized carbons (Fsp3) is 0.933. The van der Waals surface area contributed by atoms with Crippen LogP contribution in [-0.2, 0) is 4.79 Å². The minimum atomic E-state index is -0.0315. The zero-order chi connectivity index (χ0) is 12.5. The van der Waals surface area contributed by atoms with Crippen molar-refractivity contribution in [3.8, 4) is 0 Å². The van der Waals surface area contributed by atoms with Crippen LogP contribution < -0.4 is 5.32 Å². The van der Waals surface area contributed by atoms with Gasteiger partial charge in [-0.05, 0) is 57.0 Å². The van der Waals surface area contributed by atoms with Crippen LogP contribution in [0.2, 0.25) is 0 Å². The van der Waals surface area contributed by atoms with Crippen molar-refractivity contribution in [2.24, 2.45) is 23.2 Å². The maximum absolute atomic E-state index is 12.7. The highest BCUT2D eigenvalue weighted by Gasteiger charge is 2.40. The van der Waals surface area contributed by atoms with Crippen molar-refractivity contribution in [1.29, 1.82) is 0 Å². The minimum absolute atomic E-state index is 0.0315. The molecule has 2 rings (SSSR count). The van der Waals surface area contributed by atoms with E-state index < -0.39 is 0 Å². The largest absolute Gasteiger partial charge is 0.317 e. The number of hydrogen-bond donors (Lipinski definition) is 1. The van der Waals surface area contributed by atoms with Crippen molar-refractivity contribution >= 4 is 5.78 Å². The molecular formula is C15H27NO. The zero-order valence-electron chi connectivity index (χ0n) is 11.6. The van der Waals surface area contributed by atoms with Crippen LogP contribution >= 0.6 is 0 Å². The van der Waals surface area contributed by atoms with Gasteiger partial charge in [0, 0.05) is 11.3 Å². The smallest absolute Gasteiger partial charge is 0.141 e. The third-order valence-electron chi connectivity index (χ3n) is 5.27. The first kappa shape index (κ1) is 13.1. The number of piperidine rings is 1. The average molecular weight is 237 g/mol. The molecule has 1 aliphatic heterocycles. The monoisotopic (exact) mass is 237 g/mol. The molecule has 0 aromatic heterocycles. The number of rotatable bonds is 2. The average Bonchev–Trinajstić information content (AvgIpc) is 2.33. The second-order valence-electron chi connectivity index (χ2n) is 6.64. The van der Waals surface area contributed by atoms with Crippen LogP contribution in [0, 0.1) is 23.2 Å². The van der Waals surface area contributed by atoms with E-state index in [1.54, 1.807) is 0 Å². The molecule has 0 amide bonds. The predicted molar refractivity (Wildman–Crippen MR) is 70.9 cm³/mol. The summed E-state index contributed by atoms with van der Waals surface area (Å²) in [4.78, 5) is 12.7. The predicted octanol–water partition coefficient (Wildman–Crippen LogP) is 3.02. The fourth-order valence-electron chi connectivity index (χ4n) is 3.50. The van der Waals surface area contributed by atoms with Crippen LogP contribution in [-0.4, -0.2) is 18.9 Å². The SMILES string of the molecule is CC1CCC(C(=O)C2(C)CCNCC2)CC1C. The van der Waals surface area contributed by atoms with E-state index in [0.717, 1.165) is 50.6 Å². The second-order valence-corrected chi connectivity index (χ2v) is 6.64. The van der Waals surface area contributed by atoms with Crippen molar-refractivity contribution in [1.82, 2.24) is 5.32 Å². The summed E-state index contributed by atoms with van der Waals surface area (Å²) in [7, 11) is 0. The van der Waals surface area contributed by atoms with Gasteiger partial charge in [-0.15, -0.1) is 0 Å². The number of Topliss-reactive ketones (excluding diaryl/α,β-unsaturated/α-hetero) is 1. The Morgan fingerprint density at radius 3 is 2.35 bits per heavy atom. The summed E-state index contributed by atoms with van der Waals surface area (Å²) in [6.07, 6.45) is 5.57. The highest BCUT2D eigenvalue weighted by atomic mass is 16.1. The quantitative estimate of drug-likeness (QED) is 0.800. The van der Waals surface area contributed by atoms with Crippen LogP contribution in [0.5, 0.6) is 0 Å². The Morgan fingerprint density at radius 2 is 1.76 bits per heavy atom. The Morgan fingerprint density at radius 1 is 1.12 bits per heavy atom. The Hall–Kier alpha value is -0.370. The molecule has 0 radical (unpaired) electrons. The lowest BCUT2D eigenvalue weighted by Crippen LogP contribution is -2.44. The van der Waals surface area contributed by atoms with Crippen molar-refractivity contribution < 1.29 is 4.79 Å². The van der Waals surface area contributed by atoms with E-state index in [0.29, 0.717) is 11.7 Å². The van der Waals surface area contributed by atoms with E-state index >= 15 is 0 Å². The van der Waals surface area contributed by atoms with Gasteiger partial charge in [0.25, 0.3) is 0 Å². The molecule has 1 N–H and O–H groups in total. The number of carbonyl (C=O) groups is 1. The van der Waals surface area contributed by atoms with Gasteiger partial charge in [-0.1, -0.05) is 20.8 Å². The number of carbonyl (C=O) groups excluding carboxylic acids is 1. The third kappa shape index (κ3) is 2.73. The molecule has 1 aliphatic carbocycles. The summed E-state index contributed by atoms with van der Waals surface area (Å²) in [5, 5.41) is 3.36. The maximum atomic E-state index is 12.7. The lowest BCUT2D eigenvalue weighted by molar-refractivity contribution is -0.135. The van der Waals surface area contributed by atoms with Crippen molar-refractivity contribution in [3.63, 3.8) is 0 Å². The molecule has 3 atom stereocenters. The molecule has 0 aromatic rings. The van der Waals surface area contributed by atoms with Crippen LogP contribution in [0.3, 0.4) is 0 Å². The number of nitrogens with one attached hydrogen (secondary N) is 1. The Kier molecular flexibility index (Phi) is 3.92. The summed E-state index contributed by atoms with van der Waals surface area (Å²) >= 11 is 0. The molecule has 0 bridgehead atoms. The summed E-state index contributed by atoms with van der Waals surface area (Å²) in [5.74, 6) is 2.45. The lowest BCUT2D eigenvalue weighted by atomic mass is 9.66. The van der Waals surface area contributed by atoms with Crippen molar-refractivity contribution in [2.45, 2.75) is 52.9 Å². The first-order valence-corrected chi connectivity index (χ1v) is 7.28. The third-order valence-corrected chi connectivity index (χ3v) is 5.27. The summed E-state index contributed by atoms with van der Waals surface area (Å²) in [6, 6.07) is 0. The van der Waals surface area contributed by atoms with Gasteiger partial charge in [0.15, 0.2) is 0 Å². The van der Waals surface area contributed by atoms with E-state index in [4.69, 9.17) is 0 Å². The van der Waals surface area contributed by atoms with E-state index in [1.807, 2.05) is 0 Å². The molecule has 3 unspecified atom stereocenters. The topological polar surface area (TPSA) is 29.1 Å². The van der Waals surface area contributed by atoms with Gasteiger partial charge in [-0.2, -0.15) is 0 Å². The van der Waals surface area contributed by atoms with Gasteiger partial charge in [-0.25, -0.2) is 0 Å². The minimum Gasteiger partial charge on any atom is -0.317 e. The molecule has 2 fully saturated rings. The van der Waals surface area contributed by atoms with Gasteiger partial charge in [0.2, 0.25) is 0 Å². The van der Waals surface area contributed by atoms with Crippen LogP contribution in [0.4, 0.5) is 0 Å². The van der Waals surface area contributed by atoms with Gasteiger partial charge in [0.05, 0.1) is 0 Å². The molecule has 2 heteroatoms. The van der Waals surface area contributed by atoms with Crippen LogP contribution in [0.1, 0.15) is 52.9 Å². The molecule has 17 heavy (non-hydrogen) atoms. The maximum Gasteiger partial charge on any atom is 0.141 e. The van der Waals surface area contributed by atoms with Crippen molar-refractivity contribution in [3.05, 3.63) is 0 Å². The number of hydrogen-bond acceptors (Lipinski definition) is 2. The normalized spacial score (nSPS) is 37.7. The molecule has 2 nitrogen and oxygen atoms in total. The first-order valence-electron chi connectivity index (χ1n) is 7.28. The highest BCUT2D eigenvalue weighted by Crippen LogP contribution is 2.40. The molecule has 0 spiro atoms. The second kappa shape index (κ2) is 5.09. The van der Waals surface area contributed by atoms with Crippen LogP contribution in [0.15, 0.2) is 0 Å². The van der Waals surface area contributed by atoms with E-state index in [-0.39, 0.29) is 5.41 Å². The highest BCUT2D eigenvalue weighted by molar-refractivity contribution is 5.86. The molecule has 1 saturated carbocycles. The van der Waals surface area contributed by atoms with Crippen molar-refractivity contribution in [2.75, 3.05) is 13.1 Å². The Bertz CT molecular complexity index is 281. The van der Waals surface area contributed by atoms with Gasteiger partial charge in [-0.3, -0.25) is 4.79 Å². The van der Waals surface area contributed by atoms with Gasteiger partial charge < -0.3 is 5.32 Å².